The number of fused-ring (bicyclic) bond motifs is 1. The van der Waals surface area contributed by atoms with Gasteiger partial charge in [0.25, 0.3) is 10.0 Å². The van der Waals surface area contributed by atoms with Gasteiger partial charge in [0.15, 0.2) is 11.6 Å². The monoisotopic (exact) mass is 410 g/mol. The van der Waals surface area contributed by atoms with E-state index >= 15 is 0 Å². The van der Waals surface area contributed by atoms with E-state index in [-0.39, 0.29) is 16.5 Å². The molecule has 0 aliphatic rings. The molecule has 0 saturated heterocycles. The SMILES string of the molecule is O=S(=O)(Nc1nc2ccccc2nc1Nc1cccc(Cl)c1)c1ccccc1. The summed E-state index contributed by atoms with van der Waals surface area (Å²) in [6.45, 7) is 0. The third-order valence-corrected chi connectivity index (χ3v) is 5.53. The van der Waals surface area contributed by atoms with Crippen LogP contribution in [0.2, 0.25) is 5.02 Å². The van der Waals surface area contributed by atoms with Crippen LogP contribution in [0.4, 0.5) is 17.3 Å². The van der Waals surface area contributed by atoms with Crippen molar-refractivity contribution in [3.8, 4) is 0 Å². The Hall–Kier alpha value is -3.16. The van der Waals surface area contributed by atoms with E-state index < -0.39 is 10.0 Å². The summed E-state index contributed by atoms with van der Waals surface area (Å²) in [6, 6.07) is 22.4. The lowest BCUT2D eigenvalue weighted by Gasteiger charge is -2.14. The Labute approximate surface area is 167 Å². The zero-order valence-corrected chi connectivity index (χ0v) is 16.1. The summed E-state index contributed by atoms with van der Waals surface area (Å²) in [5.74, 6) is 0.378. The molecule has 4 rings (SSSR count). The molecular formula is C20H15ClN4O2S. The van der Waals surface area contributed by atoms with E-state index in [0.717, 1.165) is 0 Å². The van der Waals surface area contributed by atoms with Crippen molar-refractivity contribution in [2.24, 2.45) is 0 Å². The summed E-state index contributed by atoms with van der Waals surface area (Å²) in [4.78, 5) is 9.13. The van der Waals surface area contributed by atoms with E-state index in [4.69, 9.17) is 11.6 Å². The fourth-order valence-corrected chi connectivity index (χ4v) is 3.87. The summed E-state index contributed by atoms with van der Waals surface area (Å²) >= 11 is 6.04. The molecule has 28 heavy (non-hydrogen) atoms. The zero-order chi connectivity index (χ0) is 19.6. The number of rotatable bonds is 5. The van der Waals surface area contributed by atoms with E-state index in [1.54, 1.807) is 54.6 Å². The van der Waals surface area contributed by atoms with Crippen LogP contribution in [0.25, 0.3) is 11.0 Å². The molecule has 1 aromatic heterocycles. The number of sulfonamides is 1. The van der Waals surface area contributed by atoms with Crippen molar-refractivity contribution in [1.82, 2.24) is 9.97 Å². The van der Waals surface area contributed by atoms with Crippen molar-refractivity contribution in [1.29, 1.82) is 0 Å². The number of aromatic nitrogens is 2. The Bertz CT molecular complexity index is 1250. The van der Waals surface area contributed by atoms with Crippen LogP contribution in [-0.2, 0) is 10.0 Å². The van der Waals surface area contributed by atoms with Crippen LogP contribution < -0.4 is 10.0 Å². The van der Waals surface area contributed by atoms with Crippen molar-refractivity contribution in [2.45, 2.75) is 4.90 Å². The van der Waals surface area contributed by atoms with Gasteiger partial charge in [-0.2, -0.15) is 0 Å². The van der Waals surface area contributed by atoms with E-state index in [1.165, 1.54) is 12.1 Å². The van der Waals surface area contributed by atoms with Gasteiger partial charge in [0.05, 0.1) is 15.9 Å². The molecule has 0 spiro atoms. The number of hydrogen-bond acceptors (Lipinski definition) is 5. The molecule has 0 unspecified atom stereocenters. The third-order valence-electron chi connectivity index (χ3n) is 3.94. The van der Waals surface area contributed by atoms with Crippen LogP contribution in [0, 0.1) is 0 Å². The van der Waals surface area contributed by atoms with Gasteiger partial charge in [0, 0.05) is 10.7 Å². The van der Waals surface area contributed by atoms with Gasteiger partial charge in [-0.05, 0) is 42.5 Å². The Morgan fingerprint density at radius 3 is 2.07 bits per heavy atom. The van der Waals surface area contributed by atoms with Gasteiger partial charge in [-0.3, -0.25) is 4.72 Å². The summed E-state index contributed by atoms with van der Waals surface area (Å²) in [5, 5.41) is 3.64. The third kappa shape index (κ3) is 3.90. The van der Waals surface area contributed by atoms with Gasteiger partial charge < -0.3 is 5.32 Å². The summed E-state index contributed by atoms with van der Waals surface area (Å²) in [7, 11) is -3.82. The zero-order valence-electron chi connectivity index (χ0n) is 14.5. The highest BCUT2D eigenvalue weighted by molar-refractivity contribution is 7.92. The summed E-state index contributed by atoms with van der Waals surface area (Å²) < 4.78 is 28.1. The largest absolute Gasteiger partial charge is 0.337 e. The molecule has 0 aliphatic heterocycles. The minimum Gasteiger partial charge on any atom is -0.337 e. The number of para-hydroxylation sites is 2. The first-order valence-corrected chi connectivity index (χ1v) is 10.2. The van der Waals surface area contributed by atoms with Crippen LogP contribution in [0.3, 0.4) is 0 Å². The average molecular weight is 411 g/mol. The number of benzene rings is 3. The Kier molecular flexibility index (Phi) is 4.85. The fourth-order valence-electron chi connectivity index (χ4n) is 2.65. The van der Waals surface area contributed by atoms with E-state index in [0.29, 0.717) is 21.7 Å². The second-order valence-electron chi connectivity index (χ2n) is 5.96. The number of nitrogens with zero attached hydrogens (tertiary/aromatic N) is 2. The molecule has 0 atom stereocenters. The van der Waals surface area contributed by atoms with Crippen LogP contribution in [0.5, 0.6) is 0 Å². The molecule has 3 aromatic carbocycles. The lowest BCUT2D eigenvalue weighted by Crippen LogP contribution is -2.16. The van der Waals surface area contributed by atoms with Crippen LogP contribution >= 0.6 is 11.6 Å². The molecule has 0 radical (unpaired) electrons. The van der Waals surface area contributed by atoms with Gasteiger partial charge in [0.1, 0.15) is 0 Å². The highest BCUT2D eigenvalue weighted by atomic mass is 35.5. The van der Waals surface area contributed by atoms with E-state index in [1.807, 2.05) is 12.1 Å². The normalized spacial score (nSPS) is 11.3. The van der Waals surface area contributed by atoms with Gasteiger partial charge in [-0.15, -0.1) is 0 Å². The van der Waals surface area contributed by atoms with Crippen LogP contribution in [-0.4, -0.2) is 18.4 Å². The molecule has 0 saturated carbocycles. The first-order valence-electron chi connectivity index (χ1n) is 8.38. The predicted molar refractivity (Wildman–Crippen MR) is 112 cm³/mol. The maximum Gasteiger partial charge on any atom is 0.263 e. The van der Waals surface area contributed by atoms with Crippen LogP contribution in [0.15, 0.2) is 83.8 Å². The van der Waals surface area contributed by atoms with E-state index in [2.05, 4.69) is 20.0 Å². The fraction of sp³-hybridized carbons (Fsp3) is 0. The van der Waals surface area contributed by atoms with Crippen molar-refractivity contribution in [2.75, 3.05) is 10.0 Å². The maximum atomic E-state index is 12.8. The van der Waals surface area contributed by atoms with Gasteiger partial charge >= 0.3 is 0 Å². The van der Waals surface area contributed by atoms with Crippen molar-refractivity contribution >= 4 is 50.0 Å². The molecule has 0 bridgehead atoms. The van der Waals surface area contributed by atoms with Gasteiger partial charge in [0.2, 0.25) is 0 Å². The average Bonchev–Trinajstić information content (AvgIpc) is 2.69. The lowest BCUT2D eigenvalue weighted by molar-refractivity contribution is 0.601. The van der Waals surface area contributed by atoms with E-state index in [9.17, 15) is 8.42 Å². The summed E-state index contributed by atoms with van der Waals surface area (Å²) in [6.07, 6.45) is 0. The predicted octanol–water partition coefficient (Wildman–Crippen LogP) is 4.83. The topological polar surface area (TPSA) is 84.0 Å². The molecular weight excluding hydrogens is 396 g/mol. The number of halogens is 1. The molecule has 8 heteroatoms. The van der Waals surface area contributed by atoms with Crippen molar-refractivity contribution in [3.05, 3.63) is 83.9 Å². The molecule has 140 valence electrons. The summed E-state index contributed by atoms with van der Waals surface area (Å²) in [5.41, 5.74) is 1.87. The van der Waals surface area contributed by atoms with Crippen molar-refractivity contribution in [3.63, 3.8) is 0 Å². The molecule has 6 nitrogen and oxygen atoms in total. The first-order chi connectivity index (χ1) is 13.5. The number of hydrogen-bond donors (Lipinski definition) is 2. The Balaban J connectivity index is 1.79. The second kappa shape index (κ2) is 7.46. The van der Waals surface area contributed by atoms with Crippen molar-refractivity contribution < 1.29 is 8.42 Å². The first kappa shape index (κ1) is 18.2. The lowest BCUT2D eigenvalue weighted by atomic mass is 10.3. The molecule has 0 fully saturated rings. The number of anilines is 3. The van der Waals surface area contributed by atoms with Crippen LogP contribution in [0.1, 0.15) is 0 Å². The molecule has 0 aliphatic carbocycles. The molecule has 2 N–H and O–H groups in total. The highest BCUT2D eigenvalue weighted by Crippen LogP contribution is 2.27. The number of nitrogens with one attached hydrogen (secondary N) is 2. The minimum absolute atomic E-state index is 0.0996. The smallest absolute Gasteiger partial charge is 0.263 e. The Morgan fingerprint density at radius 2 is 1.39 bits per heavy atom. The molecule has 0 amide bonds. The highest BCUT2D eigenvalue weighted by Gasteiger charge is 2.18. The second-order valence-corrected chi connectivity index (χ2v) is 8.08. The minimum atomic E-state index is -3.82. The Morgan fingerprint density at radius 1 is 0.750 bits per heavy atom. The van der Waals surface area contributed by atoms with Gasteiger partial charge in [-0.1, -0.05) is 48.0 Å². The van der Waals surface area contributed by atoms with Gasteiger partial charge in [-0.25, -0.2) is 18.4 Å². The molecule has 1 heterocycles. The molecule has 4 aromatic rings. The standard InChI is InChI=1S/C20H15ClN4O2S/c21-14-7-6-8-15(13-14)22-19-20(24-18-12-5-4-11-17(18)23-19)25-28(26,27)16-9-2-1-3-10-16/h1-13H,(H,22,23)(H,24,25). The quantitative estimate of drug-likeness (QED) is 0.492. The maximum absolute atomic E-state index is 12.8.